The molecule has 0 aliphatic carbocycles. The minimum Gasteiger partial charge on any atom is -0.296 e. The van der Waals surface area contributed by atoms with Crippen molar-refractivity contribution in [2.45, 2.75) is 20.3 Å². The summed E-state index contributed by atoms with van der Waals surface area (Å²) >= 11 is 0. The SMILES string of the molecule is Cc1ccc(C)c(C(=O)CN2CCC2)c1. The maximum Gasteiger partial charge on any atom is 0.177 e. The maximum atomic E-state index is 12.0. The van der Waals surface area contributed by atoms with Gasteiger partial charge in [0.05, 0.1) is 6.54 Å². The van der Waals surface area contributed by atoms with Gasteiger partial charge in [0.15, 0.2) is 5.78 Å². The van der Waals surface area contributed by atoms with Crippen molar-refractivity contribution >= 4 is 5.78 Å². The fraction of sp³-hybridized carbons (Fsp3) is 0.462. The number of ketones is 1. The molecule has 1 heterocycles. The summed E-state index contributed by atoms with van der Waals surface area (Å²) < 4.78 is 0. The molecule has 0 N–H and O–H groups in total. The predicted octanol–water partition coefficient (Wildman–Crippen LogP) is 2.19. The highest BCUT2D eigenvalue weighted by atomic mass is 16.1. The van der Waals surface area contributed by atoms with Gasteiger partial charge < -0.3 is 0 Å². The van der Waals surface area contributed by atoms with Gasteiger partial charge in [-0.25, -0.2) is 0 Å². The molecule has 0 spiro atoms. The fourth-order valence-electron chi connectivity index (χ4n) is 1.86. The number of hydrogen-bond acceptors (Lipinski definition) is 2. The molecular weight excluding hydrogens is 186 g/mol. The number of likely N-dealkylation sites (tertiary alicyclic amines) is 1. The molecule has 0 unspecified atom stereocenters. The summed E-state index contributed by atoms with van der Waals surface area (Å²) in [5, 5.41) is 0. The zero-order valence-electron chi connectivity index (χ0n) is 9.42. The van der Waals surface area contributed by atoms with E-state index >= 15 is 0 Å². The van der Waals surface area contributed by atoms with Crippen molar-refractivity contribution in [3.63, 3.8) is 0 Å². The first-order chi connectivity index (χ1) is 7.16. The molecule has 1 aromatic rings. The first-order valence-corrected chi connectivity index (χ1v) is 5.49. The van der Waals surface area contributed by atoms with Crippen molar-refractivity contribution in [3.05, 3.63) is 34.9 Å². The Hall–Kier alpha value is -1.15. The minimum absolute atomic E-state index is 0.260. The molecule has 1 aliphatic heterocycles. The van der Waals surface area contributed by atoms with Crippen LogP contribution in [0.5, 0.6) is 0 Å². The van der Waals surface area contributed by atoms with Crippen LogP contribution in [0.15, 0.2) is 18.2 Å². The monoisotopic (exact) mass is 203 g/mol. The number of carbonyl (C=O) groups excluding carboxylic acids is 1. The van der Waals surface area contributed by atoms with Gasteiger partial charge in [-0.2, -0.15) is 0 Å². The highest BCUT2D eigenvalue weighted by molar-refractivity contribution is 5.99. The molecule has 2 heteroatoms. The van der Waals surface area contributed by atoms with Gasteiger partial charge in [-0.3, -0.25) is 9.69 Å². The van der Waals surface area contributed by atoms with Gasteiger partial charge in [0.2, 0.25) is 0 Å². The van der Waals surface area contributed by atoms with E-state index in [2.05, 4.69) is 11.0 Å². The summed E-state index contributed by atoms with van der Waals surface area (Å²) in [5.41, 5.74) is 3.14. The Morgan fingerprint density at radius 1 is 1.33 bits per heavy atom. The van der Waals surface area contributed by atoms with Crippen LogP contribution in [-0.4, -0.2) is 30.3 Å². The lowest BCUT2D eigenvalue weighted by Gasteiger charge is -2.29. The zero-order valence-corrected chi connectivity index (χ0v) is 9.42. The predicted molar refractivity (Wildman–Crippen MR) is 61.3 cm³/mol. The summed E-state index contributed by atoms with van der Waals surface area (Å²) in [6.07, 6.45) is 1.24. The van der Waals surface area contributed by atoms with Gasteiger partial charge in [0, 0.05) is 5.56 Å². The Morgan fingerprint density at radius 3 is 2.67 bits per heavy atom. The van der Waals surface area contributed by atoms with Gasteiger partial charge in [-0.05, 0) is 45.0 Å². The smallest absolute Gasteiger partial charge is 0.177 e. The van der Waals surface area contributed by atoms with E-state index in [0.717, 1.165) is 29.8 Å². The largest absolute Gasteiger partial charge is 0.296 e. The van der Waals surface area contributed by atoms with Crippen LogP contribution in [0.1, 0.15) is 27.9 Å². The maximum absolute atomic E-state index is 12.0. The first kappa shape index (κ1) is 10.4. The highest BCUT2D eigenvalue weighted by Crippen LogP contribution is 2.14. The lowest BCUT2D eigenvalue weighted by Crippen LogP contribution is -2.40. The third-order valence-electron chi connectivity index (χ3n) is 3.01. The van der Waals surface area contributed by atoms with E-state index in [1.54, 1.807) is 0 Å². The Kier molecular flexibility index (Phi) is 2.87. The Labute approximate surface area is 90.9 Å². The van der Waals surface area contributed by atoms with Crippen LogP contribution < -0.4 is 0 Å². The van der Waals surface area contributed by atoms with E-state index in [1.807, 2.05) is 26.0 Å². The molecule has 0 amide bonds. The Morgan fingerprint density at radius 2 is 2.07 bits per heavy atom. The minimum atomic E-state index is 0.260. The molecule has 1 aromatic carbocycles. The second kappa shape index (κ2) is 4.15. The van der Waals surface area contributed by atoms with E-state index in [1.165, 1.54) is 6.42 Å². The third kappa shape index (κ3) is 2.26. The standard InChI is InChI=1S/C13H17NO/c1-10-4-5-11(2)12(8-10)13(15)9-14-6-3-7-14/h4-5,8H,3,6-7,9H2,1-2H3. The van der Waals surface area contributed by atoms with E-state index in [0.29, 0.717) is 6.54 Å². The second-order valence-electron chi connectivity index (χ2n) is 4.37. The molecule has 1 fully saturated rings. The molecule has 2 nitrogen and oxygen atoms in total. The lowest BCUT2D eigenvalue weighted by atomic mass is 10.0. The van der Waals surface area contributed by atoms with Crippen molar-refractivity contribution < 1.29 is 4.79 Å². The van der Waals surface area contributed by atoms with Crippen molar-refractivity contribution in [2.75, 3.05) is 19.6 Å². The quantitative estimate of drug-likeness (QED) is 0.702. The van der Waals surface area contributed by atoms with Crippen LogP contribution in [0.25, 0.3) is 0 Å². The Balaban J connectivity index is 2.12. The molecule has 0 radical (unpaired) electrons. The summed E-state index contributed by atoms with van der Waals surface area (Å²) in [5.74, 6) is 0.260. The summed E-state index contributed by atoms with van der Waals surface area (Å²) in [7, 11) is 0. The second-order valence-corrected chi connectivity index (χ2v) is 4.37. The average Bonchev–Trinajstić information content (AvgIpc) is 2.15. The number of aryl methyl sites for hydroxylation is 2. The van der Waals surface area contributed by atoms with Gasteiger partial charge >= 0.3 is 0 Å². The fourth-order valence-corrected chi connectivity index (χ4v) is 1.86. The summed E-state index contributed by atoms with van der Waals surface area (Å²) in [4.78, 5) is 14.2. The summed E-state index contributed by atoms with van der Waals surface area (Å²) in [6.45, 7) is 6.78. The molecule has 0 aromatic heterocycles. The first-order valence-electron chi connectivity index (χ1n) is 5.49. The van der Waals surface area contributed by atoms with Crippen LogP contribution in [-0.2, 0) is 0 Å². The topological polar surface area (TPSA) is 20.3 Å². The van der Waals surface area contributed by atoms with Gasteiger partial charge in [-0.1, -0.05) is 17.7 Å². The van der Waals surface area contributed by atoms with Crippen LogP contribution in [0, 0.1) is 13.8 Å². The van der Waals surface area contributed by atoms with Crippen molar-refractivity contribution in [3.8, 4) is 0 Å². The van der Waals surface area contributed by atoms with Crippen LogP contribution in [0.4, 0.5) is 0 Å². The van der Waals surface area contributed by atoms with Crippen molar-refractivity contribution in [2.24, 2.45) is 0 Å². The normalized spacial score (nSPS) is 16.1. The van der Waals surface area contributed by atoms with Gasteiger partial charge in [0.25, 0.3) is 0 Å². The lowest BCUT2D eigenvalue weighted by molar-refractivity contribution is 0.0874. The number of hydrogen-bond donors (Lipinski definition) is 0. The average molecular weight is 203 g/mol. The molecule has 80 valence electrons. The molecule has 0 atom stereocenters. The van der Waals surface area contributed by atoms with E-state index < -0.39 is 0 Å². The third-order valence-corrected chi connectivity index (χ3v) is 3.01. The molecule has 2 rings (SSSR count). The van der Waals surface area contributed by atoms with Crippen LogP contribution in [0.2, 0.25) is 0 Å². The molecular formula is C13H17NO. The Bertz CT molecular complexity index is 380. The molecule has 0 bridgehead atoms. The molecule has 15 heavy (non-hydrogen) atoms. The number of Topliss-reactive ketones (excluding diaryl/α,β-unsaturated/α-hetero) is 1. The van der Waals surface area contributed by atoms with Crippen molar-refractivity contribution in [1.82, 2.24) is 4.90 Å². The van der Waals surface area contributed by atoms with Gasteiger partial charge in [0.1, 0.15) is 0 Å². The zero-order chi connectivity index (χ0) is 10.8. The molecule has 0 saturated carbocycles. The molecule has 1 aliphatic rings. The molecule has 1 saturated heterocycles. The van der Waals surface area contributed by atoms with Crippen LogP contribution >= 0.6 is 0 Å². The number of carbonyl (C=O) groups is 1. The highest BCUT2D eigenvalue weighted by Gasteiger charge is 2.18. The van der Waals surface area contributed by atoms with Crippen LogP contribution in [0.3, 0.4) is 0 Å². The van der Waals surface area contributed by atoms with E-state index in [-0.39, 0.29) is 5.78 Å². The van der Waals surface area contributed by atoms with E-state index in [4.69, 9.17) is 0 Å². The summed E-state index contributed by atoms with van der Waals surface area (Å²) in [6, 6.07) is 6.08. The number of benzene rings is 1. The van der Waals surface area contributed by atoms with Gasteiger partial charge in [-0.15, -0.1) is 0 Å². The number of nitrogens with zero attached hydrogens (tertiary/aromatic N) is 1. The van der Waals surface area contributed by atoms with E-state index in [9.17, 15) is 4.79 Å². The van der Waals surface area contributed by atoms with Crippen molar-refractivity contribution in [1.29, 1.82) is 0 Å². The number of rotatable bonds is 3.